The third-order valence-corrected chi connectivity index (χ3v) is 3.23. The summed E-state index contributed by atoms with van der Waals surface area (Å²) in [5.41, 5.74) is 3.83. The van der Waals surface area contributed by atoms with E-state index in [1.807, 2.05) is 45.9 Å². The summed E-state index contributed by atoms with van der Waals surface area (Å²) in [6.45, 7) is 8.46. The molecular weight excluding hydrogens is 260 g/mol. The molecule has 0 aliphatic carbocycles. The lowest BCUT2D eigenvalue weighted by molar-refractivity contribution is 0.341. The van der Waals surface area contributed by atoms with Gasteiger partial charge in [0.25, 0.3) is 0 Å². The van der Waals surface area contributed by atoms with Crippen molar-refractivity contribution >= 4 is 11.6 Å². The summed E-state index contributed by atoms with van der Waals surface area (Å²) in [6.07, 6.45) is 0. The number of aryl methyl sites for hydroxylation is 2. The number of aromatic nitrogens is 2. The number of rotatable bonds is 3. The van der Waals surface area contributed by atoms with Crippen LogP contribution < -0.4 is 4.74 Å². The highest BCUT2D eigenvalue weighted by Gasteiger charge is 2.13. The Bertz CT molecular complexity index is 611. The van der Waals surface area contributed by atoms with E-state index < -0.39 is 0 Å². The van der Waals surface area contributed by atoms with Crippen LogP contribution in [0.2, 0.25) is 5.02 Å². The summed E-state index contributed by atoms with van der Waals surface area (Å²) >= 11 is 6.10. The first-order valence-electron chi connectivity index (χ1n) is 6.27. The molecule has 0 aliphatic heterocycles. The zero-order valence-corrected chi connectivity index (χ0v) is 12.4. The molecule has 19 heavy (non-hydrogen) atoms. The van der Waals surface area contributed by atoms with Crippen LogP contribution in [0.15, 0.2) is 18.2 Å². The highest BCUT2D eigenvalue weighted by molar-refractivity contribution is 6.31. The minimum absolute atomic E-state index is 0.608. The van der Waals surface area contributed by atoms with Gasteiger partial charge >= 0.3 is 0 Å². The number of ether oxygens (including phenoxy) is 1. The van der Waals surface area contributed by atoms with Gasteiger partial charge in [-0.15, -0.1) is 0 Å². The molecule has 4 heteroatoms. The van der Waals surface area contributed by atoms with Crippen LogP contribution >= 0.6 is 11.6 Å². The molecule has 1 aromatic heterocycles. The van der Waals surface area contributed by atoms with Crippen molar-refractivity contribution in [3.63, 3.8) is 0 Å². The summed E-state index contributed by atoms with van der Waals surface area (Å²) in [5.74, 6) is 1.55. The molecule has 1 heterocycles. The van der Waals surface area contributed by atoms with E-state index in [9.17, 15) is 0 Å². The Morgan fingerprint density at radius 1 is 1.16 bits per heavy atom. The second-order valence-electron chi connectivity index (χ2n) is 4.40. The van der Waals surface area contributed by atoms with Gasteiger partial charge in [0.2, 0.25) is 0 Å². The highest BCUT2D eigenvalue weighted by atomic mass is 35.5. The predicted octanol–water partition coefficient (Wildman–Crippen LogP) is 4.12. The fourth-order valence-electron chi connectivity index (χ4n) is 2.00. The molecule has 3 nitrogen and oxygen atoms in total. The first-order chi connectivity index (χ1) is 9.02. The zero-order chi connectivity index (χ0) is 14.0. The second kappa shape index (κ2) is 5.57. The SMILES string of the molecule is CCOc1ccc(Cl)cc1-c1nc(C)nc(C)c1C. The predicted molar refractivity (Wildman–Crippen MR) is 77.9 cm³/mol. The van der Waals surface area contributed by atoms with Gasteiger partial charge in [0, 0.05) is 16.3 Å². The number of halogens is 1. The smallest absolute Gasteiger partial charge is 0.128 e. The van der Waals surface area contributed by atoms with Gasteiger partial charge in [-0.2, -0.15) is 0 Å². The molecule has 100 valence electrons. The summed E-state index contributed by atoms with van der Waals surface area (Å²) < 4.78 is 5.66. The topological polar surface area (TPSA) is 35.0 Å². The van der Waals surface area contributed by atoms with Crippen LogP contribution in [0.1, 0.15) is 24.0 Å². The van der Waals surface area contributed by atoms with Gasteiger partial charge in [-0.3, -0.25) is 0 Å². The van der Waals surface area contributed by atoms with Crippen molar-refractivity contribution in [3.05, 3.63) is 40.3 Å². The minimum atomic E-state index is 0.608. The number of hydrogen-bond acceptors (Lipinski definition) is 3. The van der Waals surface area contributed by atoms with E-state index in [0.717, 1.165) is 34.1 Å². The Kier molecular flexibility index (Phi) is 4.05. The Balaban J connectivity index is 2.67. The molecule has 0 N–H and O–H groups in total. The molecule has 0 fully saturated rings. The van der Waals surface area contributed by atoms with Crippen molar-refractivity contribution < 1.29 is 4.74 Å². The Morgan fingerprint density at radius 2 is 1.89 bits per heavy atom. The van der Waals surface area contributed by atoms with E-state index in [-0.39, 0.29) is 0 Å². The lowest BCUT2D eigenvalue weighted by atomic mass is 10.0. The quantitative estimate of drug-likeness (QED) is 0.846. The summed E-state index contributed by atoms with van der Waals surface area (Å²) in [5, 5.41) is 0.673. The van der Waals surface area contributed by atoms with Crippen molar-refractivity contribution in [2.45, 2.75) is 27.7 Å². The molecule has 0 radical (unpaired) electrons. The molecule has 2 rings (SSSR count). The molecule has 0 aliphatic rings. The first kappa shape index (κ1) is 13.8. The summed E-state index contributed by atoms with van der Waals surface area (Å²) in [4.78, 5) is 8.91. The van der Waals surface area contributed by atoms with E-state index in [1.165, 1.54) is 0 Å². The van der Waals surface area contributed by atoms with Crippen molar-refractivity contribution in [1.82, 2.24) is 9.97 Å². The van der Waals surface area contributed by atoms with Gasteiger partial charge in [-0.25, -0.2) is 9.97 Å². The van der Waals surface area contributed by atoms with Gasteiger partial charge in [-0.05, 0) is 51.5 Å². The monoisotopic (exact) mass is 276 g/mol. The number of hydrogen-bond donors (Lipinski definition) is 0. The maximum Gasteiger partial charge on any atom is 0.128 e. The molecule has 0 spiro atoms. The van der Waals surface area contributed by atoms with Crippen molar-refractivity contribution in [2.75, 3.05) is 6.61 Å². The van der Waals surface area contributed by atoms with Crippen LogP contribution in [0, 0.1) is 20.8 Å². The van der Waals surface area contributed by atoms with Crippen LogP contribution in [0.4, 0.5) is 0 Å². The maximum absolute atomic E-state index is 6.10. The van der Waals surface area contributed by atoms with Crippen LogP contribution in [-0.2, 0) is 0 Å². The van der Waals surface area contributed by atoms with Gasteiger partial charge in [0.05, 0.1) is 12.3 Å². The van der Waals surface area contributed by atoms with Crippen LogP contribution in [0.25, 0.3) is 11.3 Å². The Hall–Kier alpha value is -1.61. The summed E-state index contributed by atoms with van der Waals surface area (Å²) in [7, 11) is 0. The Labute approximate surface area is 118 Å². The van der Waals surface area contributed by atoms with Gasteiger partial charge in [0.1, 0.15) is 11.6 Å². The lowest BCUT2D eigenvalue weighted by Gasteiger charge is -2.13. The third-order valence-electron chi connectivity index (χ3n) is 3.00. The van der Waals surface area contributed by atoms with Crippen LogP contribution in [0.3, 0.4) is 0 Å². The van der Waals surface area contributed by atoms with Gasteiger partial charge in [0.15, 0.2) is 0 Å². The molecule has 0 unspecified atom stereocenters. The molecule has 1 aromatic carbocycles. The minimum Gasteiger partial charge on any atom is -0.493 e. The second-order valence-corrected chi connectivity index (χ2v) is 4.84. The lowest BCUT2D eigenvalue weighted by Crippen LogP contribution is -2.01. The zero-order valence-electron chi connectivity index (χ0n) is 11.6. The molecule has 0 bridgehead atoms. The number of nitrogens with zero attached hydrogens (tertiary/aromatic N) is 2. The van der Waals surface area contributed by atoms with E-state index in [4.69, 9.17) is 16.3 Å². The van der Waals surface area contributed by atoms with E-state index in [0.29, 0.717) is 11.6 Å². The average Bonchev–Trinajstić information content (AvgIpc) is 2.36. The molecule has 0 amide bonds. The standard InChI is InChI=1S/C15H17ClN2O/c1-5-19-14-7-6-12(16)8-13(14)15-9(2)10(3)17-11(4)18-15/h6-8H,5H2,1-4H3. The third kappa shape index (κ3) is 2.87. The maximum atomic E-state index is 6.10. The van der Waals surface area contributed by atoms with Crippen LogP contribution in [0.5, 0.6) is 5.75 Å². The first-order valence-corrected chi connectivity index (χ1v) is 6.65. The fraction of sp³-hybridized carbons (Fsp3) is 0.333. The Morgan fingerprint density at radius 3 is 2.58 bits per heavy atom. The van der Waals surface area contributed by atoms with Gasteiger partial charge in [-0.1, -0.05) is 11.6 Å². The fourth-order valence-corrected chi connectivity index (χ4v) is 2.17. The van der Waals surface area contributed by atoms with E-state index in [1.54, 1.807) is 0 Å². The molecular formula is C15H17ClN2O. The van der Waals surface area contributed by atoms with E-state index in [2.05, 4.69) is 9.97 Å². The van der Waals surface area contributed by atoms with Crippen molar-refractivity contribution in [1.29, 1.82) is 0 Å². The largest absolute Gasteiger partial charge is 0.493 e. The molecule has 0 saturated carbocycles. The average molecular weight is 277 g/mol. The van der Waals surface area contributed by atoms with Gasteiger partial charge < -0.3 is 4.74 Å². The van der Waals surface area contributed by atoms with Crippen molar-refractivity contribution in [2.24, 2.45) is 0 Å². The van der Waals surface area contributed by atoms with Crippen LogP contribution in [-0.4, -0.2) is 16.6 Å². The molecule has 0 atom stereocenters. The van der Waals surface area contributed by atoms with E-state index >= 15 is 0 Å². The summed E-state index contributed by atoms with van der Waals surface area (Å²) in [6, 6.07) is 5.60. The van der Waals surface area contributed by atoms with Crippen molar-refractivity contribution in [3.8, 4) is 17.0 Å². The normalized spacial score (nSPS) is 10.6. The number of benzene rings is 1. The molecule has 2 aromatic rings. The highest BCUT2D eigenvalue weighted by Crippen LogP contribution is 2.34. The molecule has 0 saturated heterocycles.